The molecule has 2 nitrogen and oxygen atoms in total. The second kappa shape index (κ2) is 4.94. The van der Waals surface area contributed by atoms with Gasteiger partial charge in [0.25, 0.3) is 0 Å². The van der Waals surface area contributed by atoms with Crippen molar-refractivity contribution in [3.63, 3.8) is 0 Å². The molecule has 0 aliphatic carbocycles. The van der Waals surface area contributed by atoms with Crippen LogP contribution in [-0.2, 0) is 0 Å². The zero-order chi connectivity index (χ0) is 9.68. The highest BCUT2D eigenvalue weighted by Gasteiger charge is 2.06. The fraction of sp³-hybridized carbons (Fsp3) is 0.400. The highest BCUT2D eigenvalue weighted by atomic mass is 19.1. The van der Waals surface area contributed by atoms with E-state index in [9.17, 15) is 4.39 Å². The van der Waals surface area contributed by atoms with E-state index in [2.05, 4.69) is 5.32 Å². The van der Waals surface area contributed by atoms with E-state index in [0.29, 0.717) is 6.54 Å². The summed E-state index contributed by atoms with van der Waals surface area (Å²) in [6, 6.07) is 6.73. The van der Waals surface area contributed by atoms with Crippen LogP contribution in [0.15, 0.2) is 24.3 Å². The number of hydrogen-bond donors (Lipinski definition) is 2. The van der Waals surface area contributed by atoms with E-state index in [4.69, 9.17) is 5.73 Å². The Labute approximate surface area is 77.9 Å². The van der Waals surface area contributed by atoms with Crippen LogP contribution >= 0.6 is 0 Å². The fourth-order valence-electron chi connectivity index (χ4n) is 1.34. The molecular weight excluding hydrogens is 167 g/mol. The summed E-state index contributed by atoms with van der Waals surface area (Å²) in [6.07, 6.45) is 0.863. The second-order valence-corrected chi connectivity index (χ2v) is 2.97. The molecule has 0 bridgehead atoms. The summed E-state index contributed by atoms with van der Waals surface area (Å²) in [4.78, 5) is 0. The Morgan fingerprint density at radius 1 is 1.38 bits per heavy atom. The average molecular weight is 182 g/mol. The third-order valence-corrected chi connectivity index (χ3v) is 2.08. The van der Waals surface area contributed by atoms with Crippen molar-refractivity contribution in [1.29, 1.82) is 0 Å². The third-order valence-electron chi connectivity index (χ3n) is 2.08. The molecule has 0 amide bonds. The minimum atomic E-state index is -0.202. The SMILES string of the molecule is CNC(CCN)c1ccc(F)cc1. The molecule has 0 fully saturated rings. The summed E-state index contributed by atoms with van der Waals surface area (Å²) >= 11 is 0. The van der Waals surface area contributed by atoms with Crippen LogP contribution in [0.2, 0.25) is 0 Å². The van der Waals surface area contributed by atoms with Gasteiger partial charge < -0.3 is 11.1 Å². The summed E-state index contributed by atoms with van der Waals surface area (Å²) < 4.78 is 12.6. The predicted octanol–water partition coefficient (Wildman–Crippen LogP) is 1.44. The maximum atomic E-state index is 12.6. The van der Waals surface area contributed by atoms with Gasteiger partial charge in [0.2, 0.25) is 0 Å². The van der Waals surface area contributed by atoms with E-state index < -0.39 is 0 Å². The van der Waals surface area contributed by atoms with Gasteiger partial charge in [0, 0.05) is 6.04 Å². The lowest BCUT2D eigenvalue weighted by Crippen LogP contribution is -2.19. The molecule has 1 aromatic carbocycles. The van der Waals surface area contributed by atoms with Crippen molar-refractivity contribution in [2.24, 2.45) is 5.73 Å². The lowest BCUT2D eigenvalue weighted by atomic mass is 10.0. The normalized spacial score (nSPS) is 12.8. The Balaban J connectivity index is 2.73. The van der Waals surface area contributed by atoms with Gasteiger partial charge in [-0.3, -0.25) is 0 Å². The number of hydrogen-bond acceptors (Lipinski definition) is 2. The Morgan fingerprint density at radius 2 is 2.00 bits per heavy atom. The molecule has 72 valence electrons. The van der Waals surface area contributed by atoms with Crippen LogP contribution in [0.4, 0.5) is 4.39 Å². The maximum Gasteiger partial charge on any atom is 0.123 e. The van der Waals surface area contributed by atoms with Gasteiger partial charge in [-0.2, -0.15) is 0 Å². The molecule has 0 spiro atoms. The molecule has 3 heteroatoms. The molecule has 1 atom stereocenters. The molecule has 0 aliphatic rings. The van der Waals surface area contributed by atoms with Crippen molar-refractivity contribution >= 4 is 0 Å². The van der Waals surface area contributed by atoms with Crippen LogP contribution < -0.4 is 11.1 Å². The Bertz CT molecular complexity index is 246. The molecular formula is C10H15FN2. The summed E-state index contributed by atoms with van der Waals surface area (Å²) in [6.45, 7) is 0.628. The largest absolute Gasteiger partial charge is 0.330 e. The van der Waals surface area contributed by atoms with Crippen molar-refractivity contribution in [3.8, 4) is 0 Å². The van der Waals surface area contributed by atoms with Crippen molar-refractivity contribution in [2.75, 3.05) is 13.6 Å². The van der Waals surface area contributed by atoms with Crippen LogP contribution in [0.25, 0.3) is 0 Å². The first-order chi connectivity index (χ1) is 6.27. The van der Waals surface area contributed by atoms with Crippen molar-refractivity contribution in [2.45, 2.75) is 12.5 Å². The van der Waals surface area contributed by atoms with E-state index in [0.717, 1.165) is 12.0 Å². The second-order valence-electron chi connectivity index (χ2n) is 2.97. The fourth-order valence-corrected chi connectivity index (χ4v) is 1.34. The summed E-state index contributed by atoms with van der Waals surface area (Å²) in [5.41, 5.74) is 6.54. The molecule has 0 heterocycles. The number of rotatable bonds is 4. The summed E-state index contributed by atoms with van der Waals surface area (Å²) in [7, 11) is 1.88. The lowest BCUT2D eigenvalue weighted by molar-refractivity contribution is 0.554. The van der Waals surface area contributed by atoms with Gasteiger partial charge in [-0.25, -0.2) is 4.39 Å². The lowest BCUT2D eigenvalue weighted by Gasteiger charge is -2.15. The van der Waals surface area contributed by atoms with Gasteiger partial charge in [0.1, 0.15) is 5.82 Å². The number of halogens is 1. The highest BCUT2D eigenvalue weighted by Crippen LogP contribution is 2.15. The van der Waals surface area contributed by atoms with E-state index >= 15 is 0 Å². The molecule has 0 saturated carbocycles. The van der Waals surface area contributed by atoms with Crippen LogP contribution in [0.3, 0.4) is 0 Å². The summed E-state index contributed by atoms with van der Waals surface area (Å²) in [5.74, 6) is -0.202. The molecule has 0 saturated heterocycles. The van der Waals surface area contributed by atoms with E-state index in [-0.39, 0.29) is 11.9 Å². The zero-order valence-corrected chi connectivity index (χ0v) is 7.76. The van der Waals surface area contributed by atoms with Crippen LogP contribution in [0.1, 0.15) is 18.0 Å². The van der Waals surface area contributed by atoms with E-state index in [1.807, 2.05) is 7.05 Å². The predicted molar refractivity (Wildman–Crippen MR) is 51.9 cm³/mol. The standard InChI is InChI=1S/C10H15FN2/c1-13-10(6-7-12)8-2-4-9(11)5-3-8/h2-5,10,13H,6-7,12H2,1H3. The number of benzene rings is 1. The molecule has 1 unspecified atom stereocenters. The minimum Gasteiger partial charge on any atom is -0.330 e. The van der Waals surface area contributed by atoms with Gasteiger partial charge in [0.05, 0.1) is 0 Å². The topological polar surface area (TPSA) is 38.0 Å². The van der Waals surface area contributed by atoms with Crippen LogP contribution in [-0.4, -0.2) is 13.6 Å². The van der Waals surface area contributed by atoms with Gasteiger partial charge in [-0.05, 0) is 37.7 Å². The van der Waals surface area contributed by atoms with E-state index in [1.165, 1.54) is 12.1 Å². The third kappa shape index (κ3) is 2.79. The molecule has 0 aliphatic heterocycles. The van der Waals surface area contributed by atoms with Gasteiger partial charge in [0.15, 0.2) is 0 Å². The van der Waals surface area contributed by atoms with E-state index in [1.54, 1.807) is 12.1 Å². The van der Waals surface area contributed by atoms with Gasteiger partial charge in [-0.1, -0.05) is 12.1 Å². The Hall–Kier alpha value is -0.930. The Morgan fingerprint density at radius 3 is 2.46 bits per heavy atom. The molecule has 0 radical (unpaired) electrons. The number of nitrogens with two attached hydrogens (primary N) is 1. The molecule has 13 heavy (non-hydrogen) atoms. The highest BCUT2D eigenvalue weighted by molar-refractivity contribution is 5.19. The maximum absolute atomic E-state index is 12.6. The molecule has 1 aromatic rings. The first-order valence-electron chi connectivity index (χ1n) is 4.40. The van der Waals surface area contributed by atoms with Crippen LogP contribution in [0, 0.1) is 5.82 Å². The van der Waals surface area contributed by atoms with Crippen molar-refractivity contribution < 1.29 is 4.39 Å². The first kappa shape index (κ1) is 10.2. The minimum absolute atomic E-state index is 0.202. The average Bonchev–Trinajstić information content (AvgIpc) is 2.16. The molecule has 3 N–H and O–H groups in total. The molecule has 0 aromatic heterocycles. The van der Waals surface area contributed by atoms with Gasteiger partial charge >= 0.3 is 0 Å². The van der Waals surface area contributed by atoms with Crippen molar-refractivity contribution in [3.05, 3.63) is 35.6 Å². The number of nitrogens with one attached hydrogen (secondary N) is 1. The molecule has 1 rings (SSSR count). The smallest absolute Gasteiger partial charge is 0.123 e. The van der Waals surface area contributed by atoms with Crippen LogP contribution in [0.5, 0.6) is 0 Å². The monoisotopic (exact) mass is 182 g/mol. The zero-order valence-electron chi connectivity index (χ0n) is 7.76. The summed E-state index contributed by atoms with van der Waals surface area (Å²) in [5, 5.41) is 3.14. The first-order valence-corrected chi connectivity index (χ1v) is 4.40. The Kier molecular flexibility index (Phi) is 3.86. The van der Waals surface area contributed by atoms with Gasteiger partial charge in [-0.15, -0.1) is 0 Å². The van der Waals surface area contributed by atoms with Crippen molar-refractivity contribution in [1.82, 2.24) is 5.32 Å². The quantitative estimate of drug-likeness (QED) is 0.739.